The normalized spacial score (nSPS) is 11.9. The van der Waals surface area contributed by atoms with Gasteiger partial charge in [0.1, 0.15) is 11.9 Å². The zero-order valence-electron chi connectivity index (χ0n) is 10.1. The van der Waals surface area contributed by atoms with Crippen LogP contribution in [0, 0.1) is 5.82 Å². The van der Waals surface area contributed by atoms with Crippen molar-refractivity contribution in [2.45, 2.75) is 32.3 Å². The third-order valence-corrected chi connectivity index (χ3v) is 2.42. The second-order valence-electron chi connectivity index (χ2n) is 3.93. The Bertz CT molecular complexity index is 414. The minimum atomic E-state index is -0.936. The minimum absolute atomic E-state index is 0.0555. The molecule has 1 aromatic carbocycles. The molecule has 0 fully saturated rings. The topological polar surface area (TPSA) is 63.6 Å². The molecule has 1 atom stereocenters. The molecule has 0 saturated heterocycles. The lowest BCUT2D eigenvalue weighted by atomic mass is 10.1. The van der Waals surface area contributed by atoms with Gasteiger partial charge >= 0.3 is 11.9 Å². The lowest BCUT2D eigenvalue weighted by Gasteiger charge is -2.13. The number of hydrogen-bond acceptors (Lipinski definition) is 3. The van der Waals surface area contributed by atoms with Gasteiger partial charge in [-0.25, -0.2) is 4.39 Å². The van der Waals surface area contributed by atoms with Crippen LogP contribution in [0.25, 0.3) is 0 Å². The van der Waals surface area contributed by atoms with Crippen LogP contribution in [0.4, 0.5) is 4.39 Å². The van der Waals surface area contributed by atoms with E-state index in [2.05, 4.69) is 0 Å². The molecule has 0 aliphatic rings. The van der Waals surface area contributed by atoms with Crippen molar-refractivity contribution in [3.63, 3.8) is 0 Å². The number of rotatable bonds is 6. The number of carbonyl (C=O) groups excluding carboxylic acids is 1. The summed E-state index contributed by atoms with van der Waals surface area (Å²) in [5.74, 6) is -1.74. The average Bonchev–Trinajstić information content (AvgIpc) is 2.29. The van der Waals surface area contributed by atoms with Gasteiger partial charge in [-0.1, -0.05) is 12.1 Å². The van der Waals surface area contributed by atoms with Crippen LogP contribution < -0.4 is 0 Å². The highest BCUT2D eigenvalue weighted by atomic mass is 19.1. The van der Waals surface area contributed by atoms with Crippen LogP contribution in [0.2, 0.25) is 0 Å². The molecule has 1 aromatic rings. The van der Waals surface area contributed by atoms with Crippen LogP contribution in [-0.4, -0.2) is 17.0 Å². The molecule has 98 valence electrons. The zero-order valence-corrected chi connectivity index (χ0v) is 10.1. The summed E-state index contributed by atoms with van der Waals surface area (Å²) in [6.07, 6.45) is -0.203. The second-order valence-corrected chi connectivity index (χ2v) is 3.93. The van der Waals surface area contributed by atoms with E-state index < -0.39 is 18.0 Å². The van der Waals surface area contributed by atoms with E-state index in [1.807, 2.05) is 0 Å². The molecule has 0 bridgehead atoms. The van der Waals surface area contributed by atoms with E-state index in [9.17, 15) is 14.0 Å². The lowest BCUT2D eigenvalue weighted by Crippen LogP contribution is -2.09. The molecule has 5 heteroatoms. The van der Waals surface area contributed by atoms with Crippen molar-refractivity contribution in [3.8, 4) is 0 Å². The molecule has 0 saturated carbocycles. The highest BCUT2D eigenvalue weighted by Gasteiger charge is 2.12. The van der Waals surface area contributed by atoms with Crippen LogP contribution in [0.15, 0.2) is 24.3 Å². The molecular weight excluding hydrogens is 239 g/mol. The van der Waals surface area contributed by atoms with Crippen molar-refractivity contribution < 1.29 is 23.8 Å². The van der Waals surface area contributed by atoms with Crippen molar-refractivity contribution in [2.24, 2.45) is 0 Å². The van der Waals surface area contributed by atoms with Gasteiger partial charge in [0.15, 0.2) is 0 Å². The summed E-state index contributed by atoms with van der Waals surface area (Å²) < 4.78 is 17.8. The van der Waals surface area contributed by atoms with Gasteiger partial charge in [-0.2, -0.15) is 0 Å². The maximum absolute atomic E-state index is 12.7. The Morgan fingerprint density at radius 3 is 2.44 bits per heavy atom. The number of benzene rings is 1. The Kier molecular flexibility index (Phi) is 5.30. The van der Waals surface area contributed by atoms with Crippen molar-refractivity contribution in [2.75, 3.05) is 0 Å². The zero-order chi connectivity index (χ0) is 13.5. The number of carbonyl (C=O) groups is 2. The summed E-state index contributed by atoms with van der Waals surface area (Å²) in [6, 6.07) is 5.68. The van der Waals surface area contributed by atoms with Gasteiger partial charge in [0.25, 0.3) is 0 Å². The number of halogens is 1. The molecule has 0 spiro atoms. The summed E-state index contributed by atoms with van der Waals surface area (Å²) in [5.41, 5.74) is 0.697. The minimum Gasteiger partial charge on any atom is -0.481 e. The Labute approximate surface area is 104 Å². The molecule has 1 rings (SSSR count). The van der Waals surface area contributed by atoms with Gasteiger partial charge in [-0.15, -0.1) is 0 Å². The number of carboxylic acids is 1. The van der Waals surface area contributed by atoms with Gasteiger partial charge in [0.2, 0.25) is 0 Å². The third kappa shape index (κ3) is 4.95. The fourth-order valence-corrected chi connectivity index (χ4v) is 1.44. The van der Waals surface area contributed by atoms with E-state index in [1.54, 1.807) is 19.1 Å². The van der Waals surface area contributed by atoms with E-state index in [0.717, 1.165) is 0 Å². The largest absolute Gasteiger partial charge is 0.481 e. The quantitative estimate of drug-likeness (QED) is 0.793. The summed E-state index contributed by atoms with van der Waals surface area (Å²) in [5, 5.41) is 8.42. The van der Waals surface area contributed by atoms with Crippen molar-refractivity contribution in [1.82, 2.24) is 0 Å². The van der Waals surface area contributed by atoms with Gasteiger partial charge in [0, 0.05) is 12.8 Å². The SMILES string of the molecule is CC(OC(=O)CCCC(=O)O)c1ccc(F)cc1. The van der Waals surface area contributed by atoms with Crippen molar-refractivity contribution in [1.29, 1.82) is 0 Å². The Balaban J connectivity index is 2.39. The maximum Gasteiger partial charge on any atom is 0.306 e. The van der Waals surface area contributed by atoms with E-state index in [4.69, 9.17) is 9.84 Å². The molecule has 4 nitrogen and oxygen atoms in total. The highest BCUT2D eigenvalue weighted by Crippen LogP contribution is 2.18. The summed E-state index contributed by atoms with van der Waals surface area (Å²) in [4.78, 5) is 21.7. The molecule has 0 radical (unpaired) electrons. The molecule has 0 aliphatic heterocycles. The third-order valence-electron chi connectivity index (χ3n) is 2.42. The van der Waals surface area contributed by atoms with Crippen LogP contribution >= 0.6 is 0 Å². The lowest BCUT2D eigenvalue weighted by molar-refractivity contribution is -0.148. The fraction of sp³-hybridized carbons (Fsp3) is 0.385. The molecule has 0 aromatic heterocycles. The monoisotopic (exact) mass is 254 g/mol. The highest BCUT2D eigenvalue weighted by molar-refractivity contribution is 5.71. The van der Waals surface area contributed by atoms with Crippen LogP contribution in [0.5, 0.6) is 0 Å². The summed E-state index contributed by atoms with van der Waals surface area (Å²) in [6.45, 7) is 1.68. The first kappa shape index (κ1) is 14.2. The first-order chi connectivity index (χ1) is 8.49. The van der Waals surface area contributed by atoms with E-state index in [1.165, 1.54) is 12.1 Å². The van der Waals surface area contributed by atoms with E-state index in [-0.39, 0.29) is 25.1 Å². The predicted octanol–water partition coefficient (Wildman–Crippen LogP) is 2.68. The van der Waals surface area contributed by atoms with Crippen LogP contribution in [0.1, 0.15) is 37.9 Å². The molecule has 1 N–H and O–H groups in total. The van der Waals surface area contributed by atoms with Crippen molar-refractivity contribution in [3.05, 3.63) is 35.6 Å². The van der Waals surface area contributed by atoms with E-state index in [0.29, 0.717) is 5.56 Å². The number of ether oxygens (including phenoxy) is 1. The van der Waals surface area contributed by atoms with Crippen LogP contribution in [-0.2, 0) is 14.3 Å². The Morgan fingerprint density at radius 2 is 1.89 bits per heavy atom. The Morgan fingerprint density at radius 1 is 1.28 bits per heavy atom. The average molecular weight is 254 g/mol. The number of carboxylic acid groups (broad SMARTS) is 1. The van der Waals surface area contributed by atoms with Gasteiger partial charge in [0.05, 0.1) is 0 Å². The molecule has 18 heavy (non-hydrogen) atoms. The Hall–Kier alpha value is -1.91. The maximum atomic E-state index is 12.7. The van der Waals surface area contributed by atoms with Crippen LogP contribution in [0.3, 0.4) is 0 Å². The standard InChI is InChI=1S/C13H15FO4/c1-9(10-5-7-11(14)8-6-10)18-13(17)4-2-3-12(15)16/h5-9H,2-4H2,1H3,(H,15,16). The number of aliphatic carboxylic acids is 1. The molecule has 0 heterocycles. The number of esters is 1. The van der Waals surface area contributed by atoms with E-state index >= 15 is 0 Å². The van der Waals surface area contributed by atoms with Gasteiger partial charge in [-0.05, 0) is 31.0 Å². The summed E-state index contributed by atoms with van der Waals surface area (Å²) >= 11 is 0. The predicted molar refractivity (Wildman–Crippen MR) is 62.4 cm³/mol. The smallest absolute Gasteiger partial charge is 0.306 e. The van der Waals surface area contributed by atoms with Gasteiger partial charge < -0.3 is 9.84 Å². The molecular formula is C13H15FO4. The first-order valence-electron chi connectivity index (χ1n) is 5.66. The second kappa shape index (κ2) is 6.74. The van der Waals surface area contributed by atoms with Gasteiger partial charge in [-0.3, -0.25) is 9.59 Å². The first-order valence-corrected chi connectivity index (χ1v) is 5.66. The molecule has 1 unspecified atom stereocenters. The van der Waals surface area contributed by atoms with Crippen molar-refractivity contribution >= 4 is 11.9 Å². The fourth-order valence-electron chi connectivity index (χ4n) is 1.44. The number of hydrogen-bond donors (Lipinski definition) is 1. The molecule has 0 amide bonds. The molecule has 0 aliphatic carbocycles. The summed E-state index contributed by atoms with van der Waals surface area (Å²) in [7, 11) is 0.